The van der Waals surface area contributed by atoms with Crippen molar-refractivity contribution in [3.63, 3.8) is 0 Å². The van der Waals surface area contributed by atoms with Gasteiger partial charge in [0.25, 0.3) is 0 Å². The fourth-order valence-electron chi connectivity index (χ4n) is 6.16. The van der Waals surface area contributed by atoms with Crippen molar-refractivity contribution in [3.05, 3.63) is 119 Å². The summed E-state index contributed by atoms with van der Waals surface area (Å²) in [6.45, 7) is 2.21. The van der Waals surface area contributed by atoms with Gasteiger partial charge in [-0.25, -0.2) is 0 Å². The lowest BCUT2D eigenvalue weighted by molar-refractivity contribution is 0.0967. The number of carbonyl (C=O) groups excluding carboxylic acids is 1. The Morgan fingerprint density at radius 3 is 2.02 bits per heavy atom. The van der Waals surface area contributed by atoms with Gasteiger partial charge in [0.05, 0.1) is 24.5 Å². The van der Waals surface area contributed by atoms with Crippen molar-refractivity contribution in [3.8, 4) is 5.75 Å². The number of fused-ring (bicyclic) bond motifs is 3. The van der Waals surface area contributed by atoms with Crippen LogP contribution in [-0.4, -0.2) is 27.8 Å². The Balaban J connectivity index is 0.000000162. The Hall–Kier alpha value is -3.94. The summed E-state index contributed by atoms with van der Waals surface area (Å²) in [5, 5.41) is 3.73. The molecule has 0 fully saturated rings. The largest absolute Gasteiger partial charge is 0.497 e. The Kier molecular flexibility index (Phi) is 12.2. The number of methoxy groups -OCH3 is 1. The van der Waals surface area contributed by atoms with Gasteiger partial charge in [-0.15, -0.1) is 0 Å². The predicted octanol–water partition coefficient (Wildman–Crippen LogP) is 7.47. The molecule has 3 aromatic heterocycles. The first kappa shape index (κ1) is 33.0. The van der Waals surface area contributed by atoms with Gasteiger partial charge in [-0.05, 0) is 111 Å². The van der Waals surface area contributed by atoms with E-state index >= 15 is 0 Å². The molecule has 7 heteroatoms. The molecule has 232 valence electrons. The highest BCUT2D eigenvalue weighted by Gasteiger charge is 2.23. The third-order valence-corrected chi connectivity index (χ3v) is 8.51. The fourth-order valence-corrected chi connectivity index (χ4v) is 6.16. The monoisotopic (exact) mass is 593 g/mol. The molecule has 0 aliphatic heterocycles. The zero-order valence-corrected chi connectivity index (χ0v) is 25.3. The molecule has 0 bridgehead atoms. The number of ether oxygens (including phenoxy) is 1. The maximum atomic E-state index is 11.2. The molecule has 4 aromatic rings. The van der Waals surface area contributed by atoms with Gasteiger partial charge in [-0.3, -0.25) is 19.7 Å². The van der Waals surface area contributed by atoms with Gasteiger partial charge in [0.1, 0.15) is 11.4 Å². The highest BCUT2D eigenvalue weighted by Crippen LogP contribution is 2.30. The number of hydrogen-bond acceptors (Lipinski definition) is 7. The molecule has 3 N–H and O–H groups in total. The minimum atomic E-state index is 0. The molecule has 0 saturated heterocycles. The first-order chi connectivity index (χ1) is 21.0. The van der Waals surface area contributed by atoms with Crippen molar-refractivity contribution in [2.75, 3.05) is 7.11 Å². The van der Waals surface area contributed by atoms with Crippen LogP contribution in [0, 0.1) is 0 Å². The minimum absolute atomic E-state index is 0. The molecule has 3 atom stereocenters. The SMILES string of the molecule is C.COc1ccc([C@H](C)N[C@H]2CCCc3cccnc32)cc1.N[C@H]1CCCc2cccnc21.O=C1CCCc2cccnc21. The first-order valence-electron chi connectivity index (χ1n) is 15.5. The van der Waals surface area contributed by atoms with Crippen molar-refractivity contribution in [1.82, 2.24) is 20.3 Å². The molecule has 1 aromatic carbocycles. The molecule has 0 spiro atoms. The number of pyridine rings is 3. The lowest BCUT2D eigenvalue weighted by Crippen LogP contribution is -2.28. The number of nitrogens with two attached hydrogens (primary N) is 1. The van der Waals surface area contributed by atoms with E-state index in [1.54, 1.807) is 13.3 Å². The van der Waals surface area contributed by atoms with E-state index in [1.165, 1.54) is 35.2 Å². The number of Topliss-reactive ketones (excluding diaryl/α,β-unsaturated/α-hetero) is 1. The summed E-state index contributed by atoms with van der Waals surface area (Å²) in [5.41, 5.74) is 14.0. The predicted molar refractivity (Wildman–Crippen MR) is 177 cm³/mol. The summed E-state index contributed by atoms with van der Waals surface area (Å²) in [5.74, 6) is 1.10. The van der Waals surface area contributed by atoms with Gasteiger partial charge in [0.15, 0.2) is 5.78 Å². The van der Waals surface area contributed by atoms with Crippen LogP contribution in [0.3, 0.4) is 0 Å². The molecular weight excluding hydrogens is 546 g/mol. The van der Waals surface area contributed by atoms with Crippen molar-refractivity contribution in [2.24, 2.45) is 5.73 Å². The summed E-state index contributed by atoms with van der Waals surface area (Å²) in [4.78, 5) is 24.1. The van der Waals surface area contributed by atoms with Crippen LogP contribution < -0.4 is 15.8 Å². The van der Waals surface area contributed by atoms with Crippen LogP contribution >= 0.6 is 0 Å². The Labute approximate surface area is 262 Å². The average Bonchev–Trinajstić information content (AvgIpc) is 3.06. The van der Waals surface area contributed by atoms with Gasteiger partial charge in [-0.1, -0.05) is 37.8 Å². The smallest absolute Gasteiger partial charge is 0.181 e. The fraction of sp³-hybridized carbons (Fsp3) is 0.405. The number of nitrogens with one attached hydrogen (secondary N) is 1. The molecular formula is C37H47N5O2. The molecule has 44 heavy (non-hydrogen) atoms. The number of benzene rings is 1. The quantitative estimate of drug-likeness (QED) is 0.253. The summed E-state index contributed by atoms with van der Waals surface area (Å²) >= 11 is 0. The zero-order chi connectivity index (χ0) is 30.0. The van der Waals surface area contributed by atoms with Gasteiger partial charge in [0, 0.05) is 37.1 Å². The van der Waals surface area contributed by atoms with Crippen molar-refractivity contribution in [2.45, 2.75) is 90.3 Å². The van der Waals surface area contributed by atoms with Gasteiger partial charge < -0.3 is 15.8 Å². The number of nitrogens with zero attached hydrogens (tertiary/aromatic N) is 3. The molecule has 3 aliphatic rings. The number of hydrogen-bond donors (Lipinski definition) is 2. The van der Waals surface area contributed by atoms with E-state index in [0.29, 0.717) is 24.2 Å². The molecule has 0 amide bonds. The maximum absolute atomic E-state index is 11.2. The standard InChI is InChI=1S/C18H22N2O.C9H12N2.C9H9NO.CH4/c1-13(14-8-10-16(21-2)11-9-14)20-17-7-3-5-15-6-4-12-19-18(15)17;10-8-5-1-3-7-4-2-6-11-9(7)8;11-8-5-1-3-7-4-2-6-10-9(7)8;/h4,6,8-13,17,20H,3,5,7H2,1-2H3;2,4,6,8H,1,3,5,10H2;2,4,6H,1,3,5H2;1H4/t13-,17-;8-;;/m00../s1. The second-order valence-electron chi connectivity index (χ2n) is 11.5. The van der Waals surface area contributed by atoms with Gasteiger partial charge >= 0.3 is 0 Å². The number of ketones is 1. The Morgan fingerprint density at radius 1 is 0.773 bits per heavy atom. The van der Waals surface area contributed by atoms with E-state index in [9.17, 15) is 4.79 Å². The molecule has 7 nitrogen and oxygen atoms in total. The summed E-state index contributed by atoms with van der Waals surface area (Å²) < 4.78 is 5.21. The van der Waals surface area contributed by atoms with E-state index in [0.717, 1.165) is 55.5 Å². The molecule has 3 aliphatic carbocycles. The number of carbonyl (C=O) groups is 1. The average molecular weight is 594 g/mol. The van der Waals surface area contributed by atoms with Crippen LogP contribution in [0.2, 0.25) is 0 Å². The summed E-state index contributed by atoms with van der Waals surface area (Å²) in [6, 6.07) is 21.3. The highest BCUT2D eigenvalue weighted by molar-refractivity contribution is 5.96. The van der Waals surface area contributed by atoms with Crippen LogP contribution in [0.25, 0.3) is 0 Å². The number of aryl methyl sites for hydroxylation is 3. The van der Waals surface area contributed by atoms with Crippen molar-refractivity contribution in [1.29, 1.82) is 0 Å². The topological polar surface area (TPSA) is 103 Å². The number of aromatic nitrogens is 3. The van der Waals surface area contributed by atoms with E-state index < -0.39 is 0 Å². The van der Waals surface area contributed by atoms with Crippen LogP contribution in [0.5, 0.6) is 5.75 Å². The summed E-state index contributed by atoms with van der Waals surface area (Å²) in [7, 11) is 1.70. The molecule has 0 saturated carbocycles. The Bertz CT molecular complexity index is 1490. The molecule has 0 radical (unpaired) electrons. The lowest BCUT2D eigenvalue weighted by atomic mass is 9.91. The van der Waals surface area contributed by atoms with Gasteiger partial charge in [0.2, 0.25) is 0 Å². The van der Waals surface area contributed by atoms with E-state index in [-0.39, 0.29) is 19.3 Å². The summed E-state index contributed by atoms with van der Waals surface area (Å²) in [6.07, 6.45) is 15.1. The van der Waals surface area contributed by atoms with E-state index in [2.05, 4.69) is 51.5 Å². The van der Waals surface area contributed by atoms with Crippen LogP contribution in [0.4, 0.5) is 0 Å². The van der Waals surface area contributed by atoms with Crippen LogP contribution in [0.1, 0.15) is 115 Å². The van der Waals surface area contributed by atoms with E-state index in [1.807, 2.05) is 48.8 Å². The first-order valence-corrected chi connectivity index (χ1v) is 15.5. The highest BCUT2D eigenvalue weighted by atomic mass is 16.5. The van der Waals surface area contributed by atoms with Gasteiger partial charge in [-0.2, -0.15) is 0 Å². The second-order valence-corrected chi connectivity index (χ2v) is 11.5. The number of rotatable bonds is 4. The zero-order valence-electron chi connectivity index (χ0n) is 25.3. The third kappa shape index (κ3) is 8.36. The molecule has 7 rings (SSSR count). The van der Waals surface area contributed by atoms with E-state index in [4.69, 9.17) is 10.5 Å². The van der Waals surface area contributed by atoms with Crippen molar-refractivity contribution >= 4 is 5.78 Å². The minimum Gasteiger partial charge on any atom is -0.497 e. The lowest BCUT2D eigenvalue weighted by Gasteiger charge is -2.28. The molecule has 0 unspecified atom stereocenters. The normalized spacial score (nSPS) is 18.8. The second kappa shape index (κ2) is 16.2. The third-order valence-electron chi connectivity index (χ3n) is 8.51. The van der Waals surface area contributed by atoms with Crippen molar-refractivity contribution < 1.29 is 9.53 Å². The van der Waals surface area contributed by atoms with Crippen LogP contribution in [-0.2, 0) is 19.3 Å². The van der Waals surface area contributed by atoms with Crippen LogP contribution in [0.15, 0.2) is 79.3 Å². The molecule has 3 heterocycles. The maximum Gasteiger partial charge on any atom is 0.181 e. The Morgan fingerprint density at radius 2 is 1.36 bits per heavy atom.